The number of ether oxygens (including phenoxy) is 2. The number of benzene rings is 1. The van der Waals surface area contributed by atoms with Crippen LogP contribution in [0.3, 0.4) is 0 Å². The molecule has 0 unspecified atom stereocenters. The van der Waals surface area contributed by atoms with Crippen LogP contribution in [0.1, 0.15) is 0 Å². The Bertz CT molecular complexity index is 543. The lowest BCUT2D eigenvalue weighted by Crippen LogP contribution is -2.16. The molecule has 0 fully saturated rings. The zero-order valence-electron chi connectivity index (χ0n) is 9.19. The molecule has 0 bridgehead atoms. The Morgan fingerprint density at radius 2 is 1.47 bits per heavy atom. The summed E-state index contributed by atoms with van der Waals surface area (Å²) in [7, 11) is 0. The molecular formula is C11H6BrF3N2O2. The van der Waals surface area contributed by atoms with Gasteiger partial charge in [-0.3, -0.25) is 0 Å². The first-order valence-corrected chi connectivity index (χ1v) is 5.73. The van der Waals surface area contributed by atoms with Crippen LogP contribution in [0.2, 0.25) is 0 Å². The number of halogens is 4. The lowest BCUT2D eigenvalue weighted by Gasteiger charge is -2.09. The fourth-order valence-electron chi connectivity index (χ4n) is 1.17. The Hall–Kier alpha value is -1.83. The molecule has 8 heteroatoms. The van der Waals surface area contributed by atoms with Gasteiger partial charge in [0.15, 0.2) is 0 Å². The van der Waals surface area contributed by atoms with Crippen LogP contribution < -0.4 is 9.47 Å². The molecule has 0 radical (unpaired) electrons. The Morgan fingerprint density at radius 3 is 2.00 bits per heavy atom. The van der Waals surface area contributed by atoms with Crippen molar-refractivity contribution in [3.8, 4) is 17.5 Å². The molecule has 19 heavy (non-hydrogen) atoms. The Kier molecular flexibility index (Phi) is 3.89. The van der Waals surface area contributed by atoms with E-state index in [1.807, 2.05) is 0 Å². The third-order valence-electron chi connectivity index (χ3n) is 1.86. The lowest BCUT2D eigenvalue weighted by molar-refractivity contribution is -0.274. The number of hydrogen-bond acceptors (Lipinski definition) is 4. The number of rotatable bonds is 3. The van der Waals surface area contributed by atoms with E-state index in [0.717, 1.165) is 12.1 Å². The minimum atomic E-state index is -4.71. The van der Waals surface area contributed by atoms with Crippen LogP contribution in [-0.4, -0.2) is 16.3 Å². The molecule has 0 saturated heterocycles. The molecule has 1 aromatic heterocycles. The molecule has 2 rings (SSSR count). The Morgan fingerprint density at radius 1 is 0.947 bits per heavy atom. The van der Waals surface area contributed by atoms with E-state index in [2.05, 4.69) is 30.6 Å². The van der Waals surface area contributed by atoms with Gasteiger partial charge < -0.3 is 9.47 Å². The molecule has 0 atom stereocenters. The molecule has 0 spiro atoms. The van der Waals surface area contributed by atoms with Crippen molar-refractivity contribution in [1.82, 2.24) is 9.97 Å². The van der Waals surface area contributed by atoms with Crippen molar-refractivity contribution in [2.24, 2.45) is 0 Å². The summed E-state index contributed by atoms with van der Waals surface area (Å²) < 4.78 is 45.5. The van der Waals surface area contributed by atoms with Crippen LogP contribution >= 0.6 is 15.9 Å². The van der Waals surface area contributed by atoms with Crippen LogP contribution in [-0.2, 0) is 0 Å². The van der Waals surface area contributed by atoms with Crippen molar-refractivity contribution in [3.05, 3.63) is 41.1 Å². The average molecular weight is 335 g/mol. The smallest absolute Gasteiger partial charge is 0.424 e. The van der Waals surface area contributed by atoms with Crippen molar-refractivity contribution in [2.45, 2.75) is 6.36 Å². The van der Waals surface area contributed by atoms with Gasteiger partial charge >= 0.3 is 12.4 Å². The van der Waals surface area contributed by atoms with E-state index < -0.39 is 6.36 Å². The molecule has 0 amide bonds. The molecule has 0 aliphatic rings. The number of alkyl halides is 3. The average Bonchev–Trinajstić information content (AvgIpc) is 2.33. The number of aromatic nitrogens is 2. The van der Waals surface area contributed by atoms with Gasteiger partial charge in [0.2, 0.25) is 0 Å². The van der Waals surface area contributed by atoms with Gasteiger partial charge in [0.1, 0.15) is 11.5 Å². The topological polar surface area (TPSA) is 44.2 Å². The SMILES string of the molecule is FC(F)(F)Oc1ccc(Oc2ncc(Br)cn2)cc1. The molecule has 1 heterocycles. The van der Waals surface area contributed by atoms with Gasteiger partial charge in [0.05, 0.1) is 4.47 Å². The summed E-state index contributed by atoms with van der Waals surface area (Å²) in [5, 5.41) is 0. The largest absolute Gasteiger partial charge is 0.573 e. The quantitative estimate of drug-likeness (QED) is 0.853. The molecule has 0 aliphatic heterocycles. The first-order valence-electron chi connectivity index (χ1n) is 4.93. The standard InChI is InChI=1S/C11H6BrF3N2O2/c12-7-5-16-10(17-6-7)18-8-1-3-9(4-2-8)19-11(13,14)15/h1-6H. The van der Waals surface area contributed by atoms with Gasteiger partial charge in [-0.2, -0.15) is 0 Å². The summed E-state index contributed by atoms with van der Waals surface area (Å²) in [5.74, 6) is -0.0200. The molecule has 1 aromatic carbocycles. The van der Waals surface area contributed by atoms with Gasteiger partial charge in [-0.05, 0) is 40.2 Å². The van der Waals surface area contributed by atoms with Crippen molar-refractivity contribution in [2.75, 3.05) is 0 Å². The Balaban J connectivity index is 2.04. The van der Waals surface area contributed by atoms with Gasteiger partial charge in [0, 0.05) is 12.4 Å². The van der Waals surface area contributed by atoms with E-state index in [9.17, 15) is 13.2 Å². The van der Waals surface area contributed by atoms with Gasteiger partial charge in [-0.15, -0.1) is 13.2 Å². The number of hydrogen-bond donors (Lipinski definition) is 0. The van der Waals surface area contributed by atoms with Crippen LogP contribution in [0.5, 0.6) is 17.5 Å². The summed E-state index contributed by atoms with van der Waals surface area (Å²) in [6.45, 7) is 0. The summed E-state index contributed by atoms with van der Waals surface area (Å²) in [6.07, 6.45) is -1.73. The molecule has 4 nitrogen and oxygen atoms in total. The van der Waals surface area contributed by atoms with Crippen molar-refractivity contribution < 1.29 is 22.6 Å². The van der Waals surface area contributed by atoms with Gasteiger partial charge in [0.25, 0.3) is 0 Å². The minimum Gasteiger partial charge on any atom is -0.424 e. The second-order valence-electron chi connectivity index (χ2n) is 3.31. The fraction of sp³-hybridized carbons (Fsp3) is 0.0909. The van der Waals surface area contributed by atoms with E-state index in [1.54, 1.807) is 0 Å². The monoisotopic (exact) mass is 334 g/mol. The van der Waals surface area contributed by atoms with E-state index >= 15 is 0 Å². The van der Waals surface area contributed by atoms with Crippen molar-refractivity contribution >= 4 is 15.9 Å². The van der Waals surface area contributed by atoms with Gasteiger partial charge in [-0.25, -0.2) is 9.97 Å². The second-order valence-corrected chi connectivity index (χ2v) is 4.22. The first kappa shape index (κ1) is 13.6. The van der Waals surface area contributed by atoms with Crippen LogP contribution in [0.4, 0.5) is 13.2 Å². The van der Waals surface area contributed by atoms with E-state index in [-0.39, 0.29) is 11.8 Å². The molecule has 100 valence electrons. The Labute approximate surface area is 114 Å². The van der Waals surface area contributed by atoms with Gasteiger partial charge in [-0.1, -0.05) is 0 Å². The van der Waals surface area contributed by atoms with E-state index in [1.165, 1.54) is 24.5 Å². The highest BCUT2D eigenvalue weighted by Gasteiger charge is 2.30. The zero-order valence-corrected chi connectivity index (χ0v) is 10.8. The van der Waals surface area contributed by atoms with E-state index in [4.69, 9.17) is 4.74 Å². The maximum absolute atomic E-state index is 11.9. The highest BCUT2D eigenvalue weighted by atomic mass is 79.9. The highest BCUT2D eigenvalue weighted by Crippen LogP contribution is 2.26. The fourth-order valence-corrected chi connectivity index (χ4v) is 1.37. The summed E-state index contributed by atoms with van der Waals surface area (Å²) in [4.78, 5) is 7.73. The normalized spacial score (nSPS) is 11.2. The molecule has 0 aliphatic carbocycles. The molecule has 0 saturated carbocycles. The van der Waals surface area contributed by atoms with Crippen molar-refractivity contribution in [1.29, 1.82) is 0 Å². The van der Waals surface area contributed by atoms with Crippen LogP contribution in [0.25, 0.3) is 0 Å². The third-order valence-corrected chi connectivity index (χ3v) is 2.27. The first-order chi connectivity index (χ1) is 8.92. The second kappa shape index (κ2) is 5.43. The number of nitrogens with zero attached hydrogens (tertiary/aromatic N) is 2. The summed E-state index contributed by atoms with van der Waals surface area (Å²) >= 11 is 3.16. The maximum atomic E-state index is 11.9. The summed E-state index contributed by atoms with van der Waals surface area (Å²) in [5.41, 5.74) is 0. The predicted octanol–water partition coefficient (Wildman–Crippen LogP) is 3.93. The van der Waals surface area contributed by atoms with E-state index in [0.29, 0.717) is 10.2 Å². The zero-order chi connectivity index (χ0) is 13.9. The van der Waals surface area contributed by atoms with Crippen LogP contribution in [0, 0.1) is 0 Å². The van der Waals surface area contributed by atoms with Crippen molar-refractivity contribution in [3.63, 3.8) is 0 Å². The maximum Gasteiger partial charge on any atom is 0.573 e. The minimum absolute atomic E-state index is 0.0905. The molecular weight excluding hydrogens is 329 g/mol. The molecule has 2 aromatic rings. The molecule has 0 N–H and O–H groups in total. The highest BCUT2D eigenvalue weighted by molar-refractivity contribution is 9.10. The van der Waals surface area contributed by atoms with Crippen LogP contribution in [0.15, 0.2) is 41.1 Å². The summed E-state index contributed by atoms with van der Waals surface area (Å²) in [6, 6.07) is 5.02. The lowest BCUT2D eigenvalue weighted by atomic mass is 10.3. The third kappa shape index (κ3) is 4.40. The predicted molar refractivity (Wildman–Crippen MR) is 62.9 cm³/mol.